The molecule has 1 aromatic heterocycles. The van der Waals surface area contributed by atoms with Crippen molar-refractivity contribution in [1.29, 1.82) is 0 Å². The number of carbonyl (C=O) groups excluding carboxylic acids is 1. The van der Waals surface area contributed by atoms with Crippen molar-refractivity contribution in [2.45, 2.75) is 4.90 Å². The summed E-state index contributed by atoms with van der Waals surface area (Å²) in [5.41, 5.74) is 0. The monoisotopic (exact) mass is 231 g/mol. The van der Waals surface area contributed by atoms with Gasteiger partial charge in [-0.15, -0.1) is 0 Å². The molecule has 7 heteroatoms. The number of nitrogens with zero attached hydrogens (tertiary/aromatic N) is 2. The van der Waals surface area contributed by atoms with E-state index in [1.807, 2.05) is 0 Å². The molecular formula is C8H11N2O4S+. The zero-order chi connectivity index (χ0) is 11.6. The third-order valence-corrected chi connectivity index (χ3v) is 2.57. The maximum Gasteiger partial charge on any atom is 0.497 e. The summed E-state index contributed by atoms with van der Waals surface area (Å²) in [5.74, 6) is 0. The third kappa shape index (κ3) is 2.74. The summed E-state index contributed by atoms with van der Waals surface area (Å²) in [6.45, 7) is 0. The van der Waals surface area contributed by atoms with E-state index in [2.05, 4.69) is 0 Å². The number of hydrogen-bond acceptors (Lipinski definition) is 3. The van der Waals surface area contributed by atoms with Crippen molar-refractivity contribution in [3.8, 4) is 0 Å². The average Bonchev–Trinajstić information content (AvgIpc) is 2.15. The second-order valence-corrected chi connectivity index (χ2v) is 4.51. The van der Waals surface area contributed by atoms with Crippen LogP contribution in [0.1, 0.15) is 0 Å². The summed E-state index contributed by atoms with van der Waals surface area (Å²) in [4.78, 5) is 12.5. The molecule has 1 rings (SSSR count). The maximum atomic E-state index is 11.4. The summed E-state index contributed by atoms with van der Waals surface area (Å²) < 4.78 is 31.3. The molecule has 82 valence electrons. The first kappa shape index (κ1) is 11.6. The van der Waals surface area contributed by atoms with Crippen LogP contribution in [0.4, 0.5) is 4.79 Å². The van der Waals surface area contributed by atoms with Crippen molar-refractivity contribution in [2.24, 2.45) is 0 Å². The minimum atomic E-state index is -4.20. The van der Waals surface area contributed by atoms with Gasteiger partial charge in [-0.05, 0) is 12.1 Å². The second-order valence-electron chi connectivity index (χ2n) is 3.09. The van der Waals surface area contributed by atoms with Gasteiger partial charge in [-0.3, -0.25) is 4.55 Å². The SMILES string of the molecule is CN(C)C(=O)[n+]1ccc(S(=O)(=O)O)cc1. The summed E-state index contributed by atoms with van der Waals surface area (Å²) in [5, 5.41) is 0. The Balaban J connectivity index is 3.06. The molecule has 1 amide bonds. The zero-order valence-corrected chi connectivity index (χ0v) is 9.10. The molecule has 1 aromatic rings. The minimum Gasteiger partial charge on any atom is -0.282 e. The zero-order valence-electron chi connectivity index (χ0n) is 8.28. The first-order chi connectivity index (χ1) is 6.82. The fourth-order valence-electron chi connectivity index (χ4n) is 0.943. The predicted molar refractivity (Wildman–Crippen MR) is 50.9 cm³/mol. The van der Waals surface area contributed by atoms with Gasteiger partial charge < -0.3 is 0 Å². The smallest absolute Gasteiger partial charge is 0.282 e. The molecule has 0 aliphatic rings. The van der Waals surface area contributed by atoms with Crippen LogP contribution in [-0.2, 0) is 10.1 Å². The average molecular weight is 231 g/mol. The lowest BCUT2D eigenvalue weighted by molar-refractivity contribution is -0.578. The molecule has 0 fully saturated rings. The number of amides is 1. The van der Waals surface area contributed by atoms with E-state index in [-0.39, 0.29) is 10.9 Å². The van der Waals surface area contributed by atoms with E-state index in [1.165, 1.54) is 21.9 Å². The Hall–Kier alpha value is -1.47. The second kappa shape index (κ2) is 3.95. The quantitative estimate of drug-likeness (QED) is 0.534. The molecule has 0 bridgehead atoms. The van der Waals surface area contributed by atoms with E-state index < -0.39 is 10.1 Å². The lowest BCUT2D eigenvalue weighted by Gasteiger charge is -2.02. The Morgan fingerprint density at radius 2 is 1.80 bits per heavy atom. The fourth-order valence-corrected chi connectivity index (χ4v) is 1.41. The van der Waals surface area contributed by atoms with Crippen LogP contribution in [0.15, 0.2) is 29.4 Å². The molecule has 0 saturated heterocycles. The van der Waals surface area contributed by atoms with Crippen molar-refractivity contribution in [3.05, 3.63) is 24.5 Å². The first-order valence-electron chi connectivity index (χ1n) is 4.03. The van der Waals surface area contributed by atoms with Crippen LogP contribution in [0, 0.1) is 0 Å². The van der Waals surface area contributed by atoms with Gasteiger partial charge in [0, 0.05) is 0 Å². The van der Waals surface area contributed by atoms with E-state index in [0.29, 0.717) is 0 Å². The summed E-state index contributed by atoms with van der Waals surface area (Å²) in [6, 6.07) is 1.99. The van der Waals surface area contributed by atoms with Gasteiger partial charge in [0.25, 0.3) is 10.1 Å². The van der Waals surface area contributed by atoms with Crippen molar-refractivity contribution in [3.63, 3.8) is 0 Å². The highest BCUT2D eigenvalue weighted by Gasteiger charge is 2.17. The summed E-state index contributed by atoms with van der Waals surface area (Å²) >= 11 is 0. The van der Waals surface area contributed by atoms with E-state index >= 15 is 0 Å². The van der Waals surface area contributed by atoms with E-state index in [0.717, 1.165) is 12.1 Å². The molecule has 0 aromatic carbocycles. The van der Waals surface area contributed by atoms with E-state index in [4.69, 9.17) is 4.55 Å². The Kier molecular flexibility index (Phi) is 3.06. The van der Waals surface area contributed by atoms with Crippen molar-refractivity contribution >= 4 is 16.1 Å². The van der Waals surface area contributed by atoms with Gasteiger partial charge >= 0.3 is 6.03 Å². The highest BCUT2D eigenvalue weighted by atomic mass is 32.2. The van der Waals surface area contributed by atoms with Crippen molar-refractivity contribution < 1.29 is 22.3 Å². The summed E-state index contributed by atoms with van der Waals surface area (Å²) in [6.07, 6.45) is 2.54. The largest absolute Gasteiger partial charge is 0.497 e. The molecule has 0 unspecified atom stereocenters. The minimum absolute atomic E-state index is 0.245. The van der Waals surface area contributed by atoms with Gasteiger partial charge in [0.15, 0.2) is 0 Å². The number of pyridine rings is 1. The van der Waals surface area contributed by atoms with Gasteiger partial charge in [-0.2, -0.15) is 17.8 Å². The number of aromatic nitrogens is 1. The van der Waals surface area contributed by atoms with E-state index in [9.17, 15) is 13.2 Å². The van der Waals surface area contributed by atoms with Crippen LogP contribution in [0.25, 0.3) is 0 Å². The van der Waals surface area contributed by atoms with Crippen molar-refractivity contribution in [1.82, 2.24) is 4.90 Å². The Labute approximate surface area is 87.5 Å². The molecule has 0 aliphatic carbocycles. The van der Waals surface area contributed by atoms with Crippen LogP contribution in [0.3, 0.4) is 0 Å². The molecule has 0 atom stereocenters. The van der Waals surface area contributed by atoms with Gasteiger partial charge in [-0.25, -0.2) is 4.90 Å². The highest BCUT2D eigenvalue weighted by molar-refractivity contribution is 7.85. The predicted octanol–water partition coefficient (Wildman–Crippen LogP) is -0.249. The molecule has 1 N–H and O–H groups in total. The third-order valence-electron chi connectivity index (χ3n) is 1.70. The molecule has 1 heterocycles. The Morgan fingerprint density at radius 3 is 2.13 bits per heavy atom. The van der Waals surface area contributed by atoms with Crippen LogP contribution >= 0.6 is 0 Å². The highest BCUT2D eigenvalue weighted by Crippen LogP contribution is 2.03. The molecule has 6 nitrogen and oxygen atoms in total. The van der Waals surface area contributed by atoms with Crippen LogP contribution in [0.2, 0.25) is 0 Å². The Morgan fingerprint density at radius 1 is 1.33 bits per heavy atom. The van der Waals surface area contributed by atoms with Gasteiger partial charge in [0.2, 0.25) is 0 Å². The van der Waals surface area contributed by atoms with Crippen molar-refractivity contribution in [2.75, 3.05) is 14.1 Å². The lowest BCUT2D eigenvalue weighted by atomic mass is 10.5. The van der Waals surface area contributed by atoms with Crippen LogP contribution in [-0.4, -0.2) is 38.0 Å². The maximum absolute atomic E-state index is 11.4. The molecular weight excluding hydrogens is 220 g/mol. The number of carbonyl (C=O) groups is 1. The molecule has 0 saturated carbocycles. The van der Waals surface area contributed by atoms with E-state index in [1.54, 1.807) is 14.1 Å². The number of rotatable bonds is 1. The van der Waals surface area contributed by atoms with Crippen LogP contribution < -0.4 is 4.57 Å². The van der Waals surface area contributed by atoms with Gasteiger partial charge in [-0.1, -0.05) is 0 Å². The standard InChI is InChI=1S/C8H10N2O4S/c1-9(2)8(11)10-5-3-7(4-6-10)15(12,13)14/h3-6H,1-2H3/p+1. The number of hydrogen-bond donors (Lipinski definition) is 1. The lowest BCUT2D eigenvalue weighted by Crippen LogP contribution is -2.49. The van der Waals surface area contributed by atoms with Crippen LogP contribution in [0.5, 0.6) is 0 Å². The normalized spacial score (nSPS) is 11.1. The molecule has 0 radical (unpaired) electrons. The first-order valence-corrected chi connectivity index (χ1v) is 5.47. The summed E-state index contributed by atoms with van der Waals surface area (Å²) in [7, 11) is -1.05. The fraction of sp³-hybridized carbons (Fsp3) is 0.250. The topological polar surface area (TPSA) is 78.6 Å². The molecule has 0 aliphatic heterocycles. The molecule has 0 spiro atoms. The van der Waals surface area contributed by atoms with Gasteiger partial charge in [0.1, 0.15) is 17.3 Å². The Bertz CT molecular complexity index is 464. The molecule has 15 heavy (non-hydrogen) atoms. The van der Waals surface area contributed by atoms with Gasteiger partial charge in [0.05, 0.1) is 14.1 Å².